The van der Waals surface area contributed by atoms with E-state index in [1.807, 2.05) is 0 Å². The third kappa shape index (κ3) is 1.87. The van der Waals surface area contributed by atoms with Crippen LogP contribution in [0.5, 0.6) is 0 Å². The molecule has 0 atom stereocenters. The van der Waals surface area contributed by atoms with Crippen LogP contribution in [0.25, 0.3) is 0 Å². The molecule has 2 fully saturated rings. The van der Waals surface area contributed by atoms with Gasteiger partial charge in [-0.05, 0) is 12.8 Å². The van der Waals surface area contributed by atoms with Crippen molar-refractivity contribution in [3.05, 3.63) is 0 Å². The smallest absolute Gasteiger partial charge is 0.312 e. The summed E-state index contributed by atoms with van der Waals surface area (Å²) in [7, 11) is 1.64. The molecule has 86 valence electrons. The van der Waals surface area contributed by atoms with Crippen molar-refractivity contribution < 1.29 is 9.59 Å². The highest BCUT2D eigenvalue weighted by Crippen LogP contribution is 2.49. The van der Waals surface area contributed by atoms with Gasteiger partial charge in [0.15, 0.2) is 0 Å². The van der Waals surface area contributed by atoms with Crippen molar-refractivity contribution in [2.75, 3.05) is 26.7 Å². The minimum Gasteiger partial charge on any atom is -0.336 e. The van der Waals surface area contributed by atoms with Crippen LogP contribution in [0.2, 0.25) is 0 Å². The highest BCUT2D eigenvalue weighted by Gasteiger charge is 2.46. The van der Waals surface area contributed by atoms with Crippen LogP contribution in [0.15, 0.2) is 0 Å². The van der Waals surface area contributed by atoms with Gasteiger partial charge in [-0.25, -0.2) is 0 Å². The summed E-state index contributed by atoms with van der Waals surface area (Å²) in [6, 6.07) is 2.16. The van der Waals surface area contributed by atoms with Crippen molar-refractivity contribution in [3.8, 4) is 6.07 Å². The first-order valence-corrected chi connectivity index (χ1v) is 5.49. The number of rotatable bonds is 3. The van der Waals surface area contributed by atoms with Crippen LogP contribution < -0.4 is 0 Å². The van der Waals surface area contributed by atoms with Gasteiger partial charge in [0.25, 0.3) is 0 Å². The molecule has 0 spiro atoms. The van der Waals surface area contributed by atoms with E-state index in [-0.39, 0.29) is 5.41 Å². The van der Waals surface area contributed by atoms with Gasteiger partial charge < -0.3 is 9.80 Å². The van der Waals surface area contributed by atoms with E-state index in [0.717, 1.165) is 12.8 Å². The van der Waals surface area contributed by atoms with Crippen molar-refractivity contribution in [3.63, 3.8) is 0 Å². The fourth-order valence-corrected chi connectivity index (χ4v) is 2.06. The number of nitriles is 1. The summed E-state index contributed by atoms with van der Waals surface area (Å²) in [5.74, 6) is -0.850. The first kappa shape index (κ1) is 10.9. The summed E-state index contributed by atoms with van der Waals surface area (Å²) >= 11 is 0. The van der Waals surface area contributed by atoms with Gasteiger partial charge in [-0.3, -0.25) is 9.59 Å². The number of carbonyl (C=O) groups excluding carboxylic acids is 2. The Hall–Kier alpha value is -1.57. The van der Waals surface area contributed by atoms with Crippen LogP contribution in [0, 0.1) is 16.7 Å². The SMILES string of the molecule is CN1CCN(CC2(CC#N)CC2)C(=O)C1=O. The van der Waals surface area contributed by atoms with Gasteiger partial charge in [0.2, 0.25) is 0 Å². The van der Waals surface area contributed by atoms with Gasteiger partial charge in [-0.2, -0.15) is 5.26 Å². The molecule has 1 saturated heterocycles. The van der Waals surface area contributed by atoms with Crippen LogP contribution >= 0.6 is 0 Å². The number of hydrogen-bond donors (Lipinski definition) is 0. The van der Waals surface area contributed by atoms with Crippen LogP contribution in [0.4, 0.5) is 0 Å². The molecule has 0 radical (unpaired) electrons. The van der Waals surface area contributed by atoms with Crippen LogP contribution in [0.1, 0.15) is 19.3 Å². The lowest BCUT2D eigenvalue weighted by Gasteiger charge is -2.33. The summed E-state index contributed by atoms with van der Waals surface area (Å²) < 4.78 is 0. The Balaban J connectivity index is 1.99. The van der Waals surface area contributed by atoms with E-state index in [1.54, 1.807) is 11.9 Å². The van der Waals surface area contributed by atoms with E-state index in [1.165, 1.54) is 4.90 Å². The molecule has 0 unspecified atom stereocenters. The van der Waals surface area contributed by atoms with Gasteiger partial charge in [0, 0.05) is 38.5 Å². The molecule has 16 heavy (non-hydrogen) atoms. The highest BCUT2D eigenvalue weighted by atomic mass is 16.2. The number of hydrogen-bond acceptors (Lipinski definition) is 3. The lowest BCUT2D eigenvalue weighted by atomic mass is 10.0. The molecule has 2 aliphatic rings. The largest absolute Gasteiger partial charge is 0.336 e. The number of likely N-dealkylation sites (N-methyl/N-ethyl adjacent to an activating group) is 1. The summed E-state index contributed by atoms with van der Waals surface area (Å²) in [4.78, 5) is 26.2. The van der Waals surface area contributed by atoms with Crippen LogP contribution in [-0.4, -0.2) is 48.3 Å². The van der Waals surface area contributed by atoms with Crippen molar-refractivity contribution in [1.82, 2.24) is 9.80 Å². The lowest BCUT2D eigenvalue weighted by molar-refractivity contribution is -0.155. The molecule has 0 N–H and O–H groups in total. The predicted octanol–water partition coefficient (Wildman–Crippen LogP) is -0.0191. The van der Waals surface area contributed by atoms with Crippen molar-refractivity contribution in [1.29, 1.82) is 5.26 Å². The minimum atomic E-state index is -0.431. The van der Waals surface area contributed by atoms with Crippen molar-refractivity contribution >= 4 is 11.8 Å². The Morgan fingerprint density at radius 2 is 2.00 bits per heavy atom. The first-order valence-electron chi connectivity index (χ1n) is 5.49. The average molecular weight is 221 g/mol. The van der Waals surface area contributed by atoms with Gasteiger partial charge >= 0.3 is 11.8 Å². The fourth-order valence-electron chi connectivity index (χ4n) is 2.06. The fraction of sp³-hybridized carbons (Fsp3) is 0.727. The molecule has 1 aliphatic carbocycles. The Kier molecular flexibility index (Phi) is 2.58. The second-order valence-electron chi connectivity index (χ2n) is 4.79. The van der Waals surface area contributed by atoms with Crippen LogP contribution in [0.3, 0.4) is 0 Å². The molecular formula is C11H15N3O2. The maximum Gasteiger partial charge on any atom is 0.312 e. The third-order valence-electron chi connectivity index (χ3n) is 3.46. The molecule has 2 amide bonds. The van der Waals surface area contributed by atoms with E-state index < -0.39 is 11.8 Å². The maximum atomic E-state index is 11.7. The maximum absolute atomic E-state index is 11.7. The molecule has 2 rings (SSSR count). The van der Waals surface area contributed by atoms with Gasteiger partial charge in [-0.1, -0.05) is 0 Å². The van der Waals surface area contributed by atoms with Gasteiger partial charge in [-0.15, -0.1) is 0 Å². The summed E-state index contributed by atoms with van der Waals surface area (Å²) in [5.41, 5.74) is -0.0133. The number of amides is 2. The quantitative estimate of drug-likeness (QED) is 0.629. The molecule has 0 aromatic heterocycles. The third-order valence-corrected chi connectivity index (χ3v) is 3.46. The lowest BCUT2D eigenvalue weighted by Crippen LogP contribution is -2.54. The van der Waals surface area contributed by atoms with E-state index in [4.69, 9.17) is 5.26 Å². The summed E-state index contributed by atoms with van der Waals surface area (Å²) in [6.45, 7) is 1.75. The van der Waals surface area contributed by atoms with E-state index in [9.17, 15) is 9.59 Å². The molecule has 1 aliphatic heterocycles. The molecule has 5 nitrogen and oxygen atoms in total. The molecule has 5 heteroatoms. The van der Waals surface area contributed by atoms with Crippen molar-refractivity contribution in [2.24, 2.45) is 5.41 Å². The first-order chi connectivity index (χ1) is 7.58. The topological polar surface area (TPSA) is 64.4 Å². The normalized spacial score (nSPS) is 23.2. The number of nitrogens with zero attached hydrogens (tertiary/aromatic N) is 3. The summed E-state index contributed by atoms with van der Waals surface area (Å²) in [6.07, 6.45) is 2.48. The molecule has 0 bridgehead atoms. The van der Waals surface area contributed by atoms with Gasteiger partial charge in [0.05, 0.1) is 6.07 Å². The predicted molar refractivity (Wildman–Crippen MR) is 56.1 cm³/mol. The Labute approximate surface area is 94.6 Å². The summed E-state index contributed by atoms with van der Waals surface area (Å²) in [5, 5.41) is 8.70. The molecule has 1 saturated carbocycles. The molecule has 1 heterocycles. The number of carbonyl (C=O) groups is 2. The standard InChI is InChI=1S/C11H15N3O2/c1-13-6-7-14(10(16)9(13)15)8-11(2-3-11)4-5-12/h2-4,6-8H2,1H3. The highest BCUT2D eigenvalue weighted by molar-refractivity contribution is 6.35. The second-order valence-corrected chi connectivity index (χ2v) is 4.79. The average Bonchev–Trinajstić information content (AvgIpc) is 3.00. The van der Waals surface area contributed by atoms with Crippen LogP contribution in [-0.2, 0) is 9.59 Å². The second kappa shape index (κ2) is 3.78. The Morgan fingerprint density at radius 1 is 1.31 bits per heavy atom. The monoisotopic (exact) mass is 221 g/mol. The molecule has 0 aromatic carbocycles. The zero-order chi connectivity index (χ0) is 11.8. The zero-order valence-electron chi connectivity index (χ0n) is 9.40. The Morgan fingerprint density at radius 3 is 2.56 bits per heavy atom. The van der Waals surface area contributed by atoms with Crippen molar-refractivity contribution in [2.45, 2.75) is 19.3 Å². The minimum absolute atomic E-state index is 0.0133. The molecular weight excluding hydrogens is 206 g/mol. The molecule has 0 aromatic rings. The van der Waals surface area contributed by atoms with Gasteiger partial charge in [0.1, 0.15) is 0 Å². The number of piperazine rings is 1. The van der Waals surface area contributed by atoms with E-state index >= 15 is 0 Å². The Bertz CT molecular complexity index is 368. The zero-order valence-corrected chi connectivity index (χ0v) is 9.40. The van der Waals surface area contributed by atoms with E-state index in [0.29, 0.717) is 26.1 Å². The van der Waals surface area contributed by atoms with E-state index in [2.05, 4.69) is 6.07 Å².